The molecule has 0 aliphatic carbocycles. The van der Waals surface area contributed by atoms with Crippen LogP contribution >= 0.6 is 0 Å². The average Bonchev–Trinajstić information content (AvgIpc) is 4.02. The molecule has 2 fully saturated rings. The number of carbonyl (C=O) groups is 2. The second-order valence-electron chi connectivity index (χ2n) is 16.2. The van der Waals surface area contributed by atoms with Crippen molar-refractivity contribution in [2.45, 2.75) is 62.3 Å². The lowest BCUT2D eigenvalue weighted by molar-refractivity contribution is -0.140. The molecule has 0 radical (unpaired) electrons. The number of ether oxygens (including phenoxy) is 4. The predicted molar refractivity (Wildman–Crippen MR) is 222 cm³/mol. The van der Waals surface area contributed by atoms with Crippen LogP contribution in [0.5, 0.6) is 23.0 Å². The molecular weight excluding hydrogens is 870 g/mol. The van der Waals surface area contributed by atoms with Crippen LogP contribution in [0.25, 0.3) is 11.1 Å². The van der Waals surface area contributed by atoms with Crippen molar-refractivity contribution in [1.29, 1.82) is 0 Å². The Morgan fingerprint density at radius 2 is 1.06 bits per heavy atom. The van der Waals surface area contributed by atoms with Gasteiger partial charge in [0.25, 0.3) is 5.91 Å². The third-order valence-corrected chi connectivity index (χ3v) is 11.6. The molecule has 4 aliphatic heterocycles. The van der Waals surface area contributed by atoms with Crippen LogP contribution in [0.4, 0.5) is 30.7 Å². The Kier molecular flexibility index (Phi) is 14.9. The van der Waals surface area contributed by atoms with Crippen molar-refractivity contribution in [1.82, 2.24) is 15.1 Å². The lowest BCUT2D eigenvalue weighted by Gasteiger charge is -2.30. The topological polar surface area (TPSA) is 156 Å². The molecule has 8 rings (SSSR count). The van der Waals surface area contributed by atoms with Gasteiger partial charge in [0.2, 0.25) is 5.78 Å². The normalized spacial score (nSPS) is 18.2. The van der Waals surface area contributed by atoms with Gasteiger partial charge in [0, 0.05) is 24.7 Å². The molecule has 5 N–H and O–H groups in total. The molecule has 12 nitrogen and oxygen atoms in total. The maximum atomic E-state index is 13.8. The van der Waals surface area contributed by atoms with Crippen molar-refractivity contribution in [3.8, 4) is 34.1 Å². The van der Waals surface area contributed by atoms with Crippen LogP contribution in [0, 0.1) is 5.82 Å². The summed E-state index contributed by atoms with van der Waals surface area (Å²) in [5.74, 6) is -3.17. The molecule has 0 spiro atoms. The van der Waals surface area contributed by atoms with Crippen LogP contribution in [0.1, 0.15) is 70.5 Å². The first-order valence-electron chi connectivity index (χ1n) is 21.3. The Hall–Kier alpha value is -5.47. The van der Waals surface area contributed by atoms with Gasteiger partial charge in [0.15, 0.2) is 23.0 Å². The number of halogens is 7. The van der Waals surface area contributed by atoms with Crippen molar-refractivity contribution in [2.75, 3.05) is 65.7 Å². The zero-order valence-electron chi connectivity index (χ0n) is 35.1. The number of nitrogens with two attached hydrogens (primary N) is 1. The highest BCUT2D eigenvalue weighted by Crippen LogP contribution is 2.46. The van der Waals surface area contributed by atoms with Crippen LogP contribution in [0.2, 0.25) is 0 Å². The number of rotatable bonds is 12. The first-order valence-corrected chi connectivity index (χ1v) is 21.3. The summed E-state index contributed by atoms with van der Waals surface area (Å²) in [6.07, 6.45) is -8.20. The van der Waals surface area contributed by atoms with Gasteiger partial charge < -0.3 is 50.0 Å². The van der Waals surface area contributed by atoms with Gasteiger partial charge in [0.05, 0.1) is 12.1 Å². The third-order valence-electron chi connectivity index (χ3n) is 11.6. The van der Waals surface area contributed by atoms with Crippen molar-refractivity contribution in [3.63, 3.8) is 0 Å². The summed E-state index contributed by atoms with van der Waals surface area (Å²) in [6.45, 7) is 3.97. The number of aliphatic hydroxyl groups is 2. The van der Waals surface area contributed by atoms with E-state index in [2.05, 4.69) is 10.2 Å². The number of amides is 1. The summed E-state index contributed by atoms with van der Waals surface area (Å²) < 4.78 is 116. The summed E-state index contributed by atoms with van der Waals surface area (Å²) in [6, 6.07) is 14.6. The minimum absolute atomic E-state index is 0.00139. The Labute approximate surface area is 370 Å². The summed E-state index contributed by atoms with van der Waals surface area (Å²) in [5.41, 5.74) is 5.48. The maximum absolute atomic E-state index is 13.8. The van der Waals surface area contributed by atoms with E-state index in [-0.39, 0.29) is 72.7 Å². The van der Waals surface area contributed by atoms with E-state index in [1.165, 1.54) is 36.4 Å². The fourth-order valence-corrected chi connectivity index (χ4v) is 8.24. The minimum atomic E-state index is -4.77. The fraction of sp³-hybridized carbons (Fsp3) is 0.435. The van der Waals surface area contributed by atoms with Crippen molar-refractivity contribution in [2.24, 2.45) is 5.73 Å². The number of alkyl halides is 6. The monoisotopic (exact) mass is 918 g/mol. The number of Topliss-reactive ketones (excluding diaryl/α,β-unsaturated/α-hetero) is 1. The summed E-state index contributed by atoms with van der Waals surface area (Å²) in [4.78, 5) is 30.1. The van der Waals surface area contributed by atoms with E-state index in [1.807, 2.05) is 4.90 Å². The molecule has 4 heterocycles. The number of carbonyl (C=O) groups excluding carboxylic acids is 2. The highest BCUT2D eigenvalue weighted by atomic mass is 19.4. The van der Waals surface area contributed by atoms with Crippen LogP contribution in [0.15, 0.2) is 72.8 Å². The number of fused-ring (bicyclic) bond motifs is 2. The molecule has 0 aromatic heterocycles. The number of hydrogen-bond donors (Lipinski definition) is 4. The van der Waals surface area contributed by atoms with E-state index in [9.17, 15) is 50.5 Å². The molecule has 2 saturated heterocycles. The quantitative estimate of drug-likeness (QED) is 0.0681. The Morgan fingerprint density at radius 3 is 1.54 bits per heavy atom. The summed E-state index contributed by atoms with van der Waals surface area (Å²) >= 11 is 0. The van der Waals surface area contributed by atoms with Crippen LogP contribution in [-0.4, -0.2) is 109 Å². The van der Waals surface area contributed by atoms with Gasteiger partial charge in [-0.15, -0.1) is 0 Å². The highest BCUT2D eigenvalue weighted by molar-refractivity contribution is 6.42. The lowest BCUT2D eigenvalue weighted by Crippen LogP contribution is -2.48. The van der Waals surface area contributed by atoms with E-state index in [0.717, 1.165) is 56.5 Å². The van der Waals surface area contributed by atoms with E-state index < -0.39 is 65.2 Å². The van der Waals surface area contributed by atoms with E-state index in [0.29, 0.717) is 25.2 Å². The Morgan fingerprint density at radius 1 is 0.631 bits per heavy atom. The van der Waals surface area contributed by atoms with Crippen LogP contribution in [0.3, 0.4) is 0 Å². The minimum Gasteiger partial charge on any atom is -0.486 e. The maximum Gasteiger partial charge on any atom is 0.420 e. The van der Waals surface area contributed by atoms with Gasteiger partial charge in [-0.25, -0.2) is 4.39 Å². The molecule has 1 amide bonds. The molecule has 65 heavy (non-hydrogen) atoms. The van der Waals surface area contributed by atoms with E-state index in [4.69, 9.17) is 24.7 Å². The number of nitrogens with one attached hydrogen (secondary N) is 1. The first kappa shape index (κ1) is 47.5. The van der Waals surface area contributed by atoms with Gasteiger partial charge in [0.1, 0.15) is 49.5 Å². The van der Waals surface area contributed by atoms with Gasteiger partial charge in [-0.05, 0) is 111 Å². The highest BCUT2D eigenvalue weighted by Gasteiger charge is 2.40. The molecule has 19 heteroatoms. The van der Waals surface area contributed by atoms with Gasteiger partial charge in [-0.3, -0.25) is 9.59 Å². The molecule has 4 aromatic carbocycles. The SMILES string of the molecule is N[C@H](CN1CCCC1)[C@H](O)c1cc2c(c(C(F)(F)F)c1)OCCO2.O=C(N[C@H](CN1CCCC1)[C@H](O)c1cc2c(c(C(F)(F)F)c1)OCCO2)C(=O)c1ccc(-c2ccc(F)cc2)cc1. The molecule has 0 saturated carbocycles. The number of benzene rings is 4. The predicted octanol–water partition coefficient (Wildman–Crippen LogP) is 6.71. The Bertz CT molecular complexity index is 2280. The summed E-state index contributed by atoms with van der Waals surface area (Å²) in [5, 5.41) is 24.3. The molecule has 4 aliphatic rings. The second-order valence-corrected chi connectivity index (χ2v) is 16.2. The zero-order valence-corrected chi connectivity index (χ0v) is 35.1. The van der Waals surface area contributed by atoms with Crippen LogP contribution in [-0.2, 0) is 17.1 Å². The number of hydrogen-bond acceptors (Lipinski definition) is 11. The van der Waals surface area contributed by atoms with Crippen LogP contribution < -0.4 is 30.0 Å². The van der Waals surface area contributed by atoms with E-state index >= 15 is 0 Å². The molecule has 4 atom stereocenters. The number of likely N-dealkylation sites (tertiary alicyclic amines) is 2. The number of ketones is 1. The second kappa shape index (κ2) is 20.4. The van der Waals surface area contributed by atoms with Crippen molar-refractivity contribution >= 4 is 11.7 Å². The zero-order chi connectivity index (χ0) is 46.5. The number of aliphatic hydroxyl groups excluding tert-OH is 2. The number of nitrogens with zero attached hydrogens (tertiary/aromatic N) is 2. The third kappa shape index (κ3) is 11.7. The van der Waals surface area contributed by atoms with Gasteiger partial charge in [-0.1, -0.05) is 36.4 Å². The van der Waals surface area contributed by atoms with Gasteiger partial charge >= 0.3 is 12.4 Å². The molecule has 0 unspecified atom stereocenters. The summed E-state index contributed by atoms with van der Waals surface area (Å²) in [7, 11) is 0. The van der Waals surface area contributed by atoms with Crippen molar-refractivity contribution in [3.05, 3.63) is 106 Å². The first-order chi connectivity index (χ1) is 31.0. The molecule has 350 valence electrons. The van der Waals surface area contributed by atoms with Gasteiger partial charge in [-0.2, -0.15) is 26.3 Å². The fourth-order valence-electron chi connectivity index (χ4n) is 8.24. The molecular formula is C46H49F7N4O8. The largest absolute Gasteiger partial charge is 0.486 e. The average molecular weight is 919 g/mol. The smallest absolute Gasteiger partial charge is 0.420 e. The van der Waals surface area contributed by atoms with E-state index in [1.54, 1.807) is 24.3 Å². The molecule has 4 aromatic rings. The Balaban J connectivity index is 0.000000223. The lowest BCUT2D eigenvalue weighted by atomic mass is 9.97. The molecule has 0 bridgehead atoms. The van der Waals surface area contributed by atoms with Crippen molar-refractivity contribution < 1.29 is 69.5 Å². The standard InChI is InChI=1S/C30H28F4N2O5.C16H21F3N2O3/c31-22-9-7-19(8-10-22)18-3-5-20(6-4-18)27(38)29(39)35-24(17-36-11-1-2-12-36)26(37)21-15-23(30(32,33)34)28-25(16-21)40-13-14-41-28;17-16(18,19)11-7-10(8-13-15(11)24-6-5-23-13)14(22)12(20)9-21-3-1-2-4-21/h3-10,15-16,24,26,37H,1-2,11-14,17H2,(H,35,39);7-8,12,14,22H,1-6,9,20H2/t24-,26-;12-,14-/m11/s1.